The van der Waals surface area contributed by atoms with Gasteiger partial charge in [-0.05, 0) is 61.9 Å². The van der Waals surface area contributed by atoms with Gasteiger partial charge in [0.2, 0.25) is 5.91 Å². The number of carbonyl (C=O) groups excluding carboxylic acids is 1. The second-order valence-corrected chi connectivity index (χ2v) is 9.38. The van der Waals surface area contributed by atoms with Gasteiger partial charge in [0.15, 0.2) is 5.16 Å². The van der Waals surface area contributed by atoms with Gasteiger partial charge in [-0.2, -0.15) is 0 Å². The number of thiophene rings is 1. The molecule has 5 nitrogen and oxygen atoms in total. The Bertz CT molecular complexity index is 1160. The molecule has 0 saturated heterocycles. The van der Waals surface area contributed by atoms with Crippen molar-refractivity contribution in [1.29, 1.82) is 0 Å². The van der Waals surface area contributed by atoms with E-state index < -0.39 is 0 Å². The van der Waals surface area contributed by atoms with E-state index in [2.05, 4.69) is 18.0 Å². The zero-order valence-corrected chi connectivity index (χ0v) is 18.2. The van der Waals surface area contributed by atoms with E-state index in [1.54, 1.807) is 22.0 Å². The summed E-state index contributed by atoms with van der Waals surface area (Å²) < 4.78 is 1.63. The molecule has 7 heteroatoms. The highest BCUT2D eigenvalue weighted by Crippen LogP contribution is 2.35. The lowest BCUT2D eigenvalue weighted by atomic mass is 10.1. The maximum absolute atomic E-state index is 13.1. The zero-order chi connectivity index (χ0) is 20.5. The Morgan fingerprint density at radius 2 is 2.07 bits per heavy atom. The second kappa shape index (κ2) is 8.16. The fourth-order valence-corrected chi connectivity index (χ4v) is 5.94. The average molecular weight is 426 g/mol. The maximum atomic E-state index is 13.1. The molecule has 0 saturated carbocycles. The molecule has 0 spiro atoms. The number of nitrogens with one attached hydrogen (secondary N) is 1. The smallest absolute Gasteiger partial charge is 0.263 e. The van der Waals surface area contributed by atoms with Crippen molar-refractivity contribution in [2.45, 2.75) is 44.8 Å². The standard InChI is InChI=1S/C22H23N3O2S2/c1-4-8-25-21(27)19-16-6-5-7-17(16)29-20(19)24-22(25)28-12-18(26)23-15-10-13(2)9-14(3)11-15/h4,9-11H,1,5-8,12H2,2-3H3,(H,23,26). The van der Waals surface area contributed by atoms with Crippen LogP contribution < -0.4 is 10.9 Å². The maximum Gasteiger partial charge on any atom is 0.263 e. The van der Waals surface area contributed by atoms with Crippen molar-refractivity contribution in [3.63, 3.8) is 0 Å². The summed E-state index contributed by atoms with van der Waals surface area (Å²) >= 11 is 2.91. The Hall–Kier alpha value is -2.38. The quantitative estimate of drug-likeness (QED) is 0.359. The molecule has 1 aliphatic rings. The first-order chi connectivity index (χ1) is 14.0. The van der Waals surface area contributed by atoms with Gasteiger partial charge in [0, 0.05) is 17.1 Å². The van der Waals surface area contributed by atoms with Crippen LogP contribution in [0.2, 0.25) is 0 Å². The predicted octanol–water partition coefficient (Wildman–Crippen LogP) is 4.48. The lowest BCUT2D eigenvalue weighted by molar-refractivity contribution is -0.113. The first-order valence-corrected chi connectivity index (χ1v) is 11.4. The highest BCUT2D eigenvalue weighted by atomic mass is 32.2. The molecule has 1 amide bonds. The molecule has 2 aromatic heterocycles. The monoisotopic (exact) mass is 425 g/mol. The van der Waals surface area contributed by atoms with E-state index in [4.69, 9.17) is 4.98 Å². The van der Waals surface area contributed by atoms with Gasteiger partial charge >= 0.3 is 0 Å². The fraction of sp³-hybridized carbons (Fsp3) is 0.318. The number of fused-ring (bicyclic) bond motifs is 3. The third kappa shape index (κ3) is 4.02. The highest BCUT2D eigenvalue weighted by molar-refractivity contribution is 7.99. The molecule has 1 N–H and O–H groups in total. The first-order valence-electron chi connectivity index (χ1n) is 9.63. The molecule has 1 aromatic carbocycles. The summed E-state index contributed by atoms with van der Waals surface area (Å²) in [5.41, 5.74) is 4.14. The molecular weight excluding hydrogens is 402 g/mol. The van der Waals surface area contributed by atoms with Crippen molar-refractivity contribution in [2.75, 3.05) is 11.1 Å². The molecule has 3 aromatic rings. The van der Waals surface area contributed by atoms with Crippen molar-refractivity contribution < 1.29 is 4.79 Å². The van der Waals surface area contributed by atoms with Crippen molar-refractivity contribution in [3.05, 3.63) is 62.8 Å². The van der Waals surface area contributed by atoms with E-state index in [0.29, 0.717) is 11.7 Å². The summed E-state index contributed by atoms with van der Waals surface area (Å²) in [5.74, 6) is 0.0702. The van der Waals surface area contributed by atoms with Crippen LogP contribution in [0.25, 0.3) is 10.2 Å². The SMILES string of the molecule is C=CCn1c(SCC(=O)Nc2cc(C)cc(C)c2)nc2sc3c(c2c1=O)CCC3. The van der Waals surface area contributed by atoms with E-state index in [1.807, 2.05) is 26.0 Å². The first kappa shape index (κ1) is 19.9. The van der Waals surface area contributed by atoms with Crippen LogP contribution in [0, 0.1) is 13.8 Å². The van der Waals surface area contributed by atoms with Gasteiger partial charge in [-0.15, -0.1) is 17.9 Å². The second-order valence-electron chi connectivity index (χ2n) is 7.35. The summed E-state index contributed by atoms with van der Waals surface area (Å²) in [6.07, 6.45) is 4.78. The third-order valence-corrected chi connectivity index (χ3v) is 7.10. The van der Waals surface area contributed by atoms with Gasteiger partial charge < -0.3 is 5.32 Å². The number of amides is 1. The van der Waals surface area contributed by atoms with Crippen LogP contribution in [-0.4, -0.2) is 21.2 Å². The van der Waals surface area contributed by atoms with Crippen molar-refractivity contribution in [1.82, 2.24) is 9.55 Å². The number of anilines is 1. The number of rotatable bonds is 6. The average Bonchev–Trinajstić information content (AvgIpc) is 3.22. The van der Waals surface area contributed by atoms with E-state index in [0.717, 1.165) is 46.3 Å². The molecule has 0 unspecified atom stereocenters. The lowest BCUT2D eigenvalue weighted by Crippen LogP contribution is -2.24. The number of aryl methyl sites for hydroxylation is 4. The number of carbonyl (C=O) groups is 1. The summed E-state index contributed by atoms with van der Waals surface area (Å²) in [6, 6.07) is 5.96. The van der Waals surface area contributed by atoms with E-state index in [-0.39, 0.29) is 17.2 Å². The Labute approximate surface area is 177 Å². The molecule has 150 valence electrons. The molecular formula is C22H23N3O2S2. The van der Waals surface area contributed by atoms with Gasteiger partial charge in [0.25, 0.3) is 5.56 Å². The molecule has 2 heterocycles. The zero-order valence-electron chi connectivity index (χ0n) is 16.6. The summed E-state index contributed by atoms with van der Waals surface area (Å²) in [7, 11) is 0. The molecule has 0 aliphatic heterocycles. The van der Waals surface area contributed by atoms with Crippen molar-refractivity contribution >= 4 is 44.9 Å². The third-order valence-electron chi connectivity index (χ3n) is 4.94. The Balaban J connectivity index is 1.58. The van der Waals surface area contributed by atoms with E-state index in [1.165, 1.54) is 22.2 Å². The number of aromatic nitrogens is 2. The van der Waals surface area contributed by atoms with Crippen LogP contribution in [0.4, 0.5) is 5.69 Å². The predicted molar refractivity (Wildman–Crippen MR) is 121 cm³/mol. The van der Waals surface area contributed by atoms with Crippen LogP contribution in [0.1, 0.15) is 28.0 Å². The molecule has 0 atom stereocenters. The van der Waals surface area contributed by atoms with Gasteiger partial charge in [-0.25, -0.2) is 4.98 Å². The Morgan fingerprint density at radius 3 is 2.79 bits per heavy atom. The Morgan fingerprint density at radius 1 is 1.31 bits per heavy atom. The molecule has 4 rings (SSSR count). The molecule has 0 radical (unpaired) electrons. The largest absolute Gasteiger partial charge is 0.325 e. The van der Waals surface area contributed by atoms with Crippen LogP contribution in [-0.2, 0) is 24.2 Å². The summed E-state index contributed by atoms with van der Waals surface area (Å²) in [5, 5.41) is 4.26. The van der Waals surface area contributed by atoms with E-state index >= 15 is 0 Å². The van der Waals surface area contributed by atoms with Crippen molar-refractivity contribution in [3.8, 4) is 0 Å². The van der Waals surface area contributed by atoms with Crippen LogP contribution in [0.5, 0.6) is 0 Å². The molecule has 0 bridgehead atoms. The minimum Gasteiger partial charge on any atom is -0.325 e. The van der Waals surface area contributed by atoms with E-state index in [9.17, 15) is 9.59 Å². The van der Waals surface area contributed by atoms with Crippen LogP contribution in [0.3, 0.4) is 0 Å². The van der Waals surface area contributed by atoms with Crippen LogP contribution in [0.15, 0.2) is 40.8 Å². The summed E-state index contributed by atoms with van der Waals surface area (Å²) in [6.45, 7) is 8.16. The van der Waals surface area contributed by atoms with Gasteiger partial charge in [-0.3, -0.25) is 14.2 Å². The van der Waals surface area contributed by atoms with Crippen LogP contribution >= 0.6 is 23.1 Å². The number of hydrogen-bond acceptors (Lipinski definition) is 5. The fourth-order valence-electron chi connectivity index (χ4n) is 3.83. The van der Waals surface area contributed by atoms with Crippen molar-refractivity contribution in [2.24, 2.45) is 0 Å². The lowest BCUT2D eigenvalue weighted by Gasteiger charge is -2.11. The van der Waals surface area contributed by atoms with Gasteiger partial charge in [0.1, 0.15) is 4.83 Å². The minimum absolute atomic E-state index is 0.0217. The number of nitrogens with zero attached hydrogens (tertiary/aromatic N) is 2. The molecule has 0 fully saturated rings. The number of benzene rings is 1. The van der Waals surface area contributed by atoms with Gasteiger partial charge in [-0.1, -0.05) is 23.9 Å². The molecule has 1 aliphatic carbocycles. The topological polar surface area (TPSA) is 64.0 Å². The summed E-state index contributed by atoms with van der Waals surface area (Å²) in [4.78, 5) is 32.4. The van der Waals surface area contributed by atoms with Gasteiger partial charge in [0.05, 0.1) is 11.1 Å². The molecule has 29 heavy (non-hydrogen) atoms. The number of thioether (sulfide) groups is 1. The Kier molecular flexibility index (Phi) is 5.61. The number of hydrogen-bond donors (Lipinski definition) is 1. The number of allylic oxidation sites excluding steroid dienone is 1. The minimum atomic E-state index is -0.117. The highest BCUT2D eigenvalue weighted by Gasteiger charge is 2.23. The normalized spacial score (nSPS) is 12.9.